The van der Waals surface area contributed by atoms with Gasteiger partial charge < -0.3 is 5.73 Å². The minimum atomic E-state index is -3.26. The average molecular weight is 409 g/mol. The van der Waals surface area contributed by atoms with E-state index in [4.69, 9.17) is 5.73 Å². The molecule has 0 aliphatic carbocycles. The summed E-state index contributed by atoms with van der Waals surface area (Å²) in [6, 6.07) is 7.57. The molecule has 1 heterocycles. The van der Waals surface area contributed by atoms with Crippen LogP contribution in [-0.4, -0.2) is 47.8 Å². The SMILES string of the molecule is CCCS(=O)(=O)N(C)Cc1cccc(CN2C(=O)C(C)(CC(C)C)N=C2N)c1. The number of amides is 1. The zero-order valence-corrected chi connectivity index (χ0v) is 18.3. The molecule has 1 unspecified atom stereocenters. The quantitative estimate of drug-likeness (QED) is 0.678. The lowest BCUT2D eigenvalue weighted by atomic mass is 9.91. The van der Waals surface area contributed by atoms with Crippen molar-refractivity contribution < 1.29 is 13.2 Å². The number of rotatable bonds is 9. The summed E-state index contributed by atoms with van der Waals surface area (Å²) >= 11 is 0. The van der Waals surface area contributed by atoms with Crippen molar-refractivity contribution >= 4 is 21.9 Å². The number of aliphatic imine (C=N–C) groups is 1. The molecule has 1 amide bonds. The molecule has 0 fully saturated rings. The van der Waals surface area contributed by atoms with E-state index in [1.54, 1.807) is 7.05 Å². The molecule has 0 aromatic heterocycles. The third-order valence-corrected chi connectivity index (χ3v) is 6.83. The molecular formula is C20H32N4O3S. The summed E-state index contributed by atoms with van der Waals surface area (Å²) < 4.78 is 25.7. The van der Waals surface area contributed by atoms with Crippen molar-refractivity contribution in [2.45, 2.75) is 59.2 Å². The summed E-state index contributed by atoms with van der Waals surface area (Å²) in [5.74, 6) is 0.606. The Morgan fingerprint density at radius 1 is 1.29 bits per heavy atom. The van der Waals surface area contributed by atoms with Gasteiger partial charge in [-0.25, -0.2) is 17.7 Å². The standard InChI is InChI=1S/C20H32N4O3S/c1-6-10-28(26,27)23(5)13-16-8-7-9-17(11-16)14-24-18(25)20(4,12-15(2)3)22-19(24)21/h7-9,11,15H,6,10,12-14H2,1-5H3,(H2,21,22). The highest BCUT2D eigenvalue weighted by Gasteiger charge is 2.44. The summed E-state index contributed by atoms with van der Waals surface area (Å²) in [6.45, 7) is 8.39. The lowest BCUT2D eigenvalue weighted by Gasteiger charge is -2.24. The van der Waals surface area contributed by atoms with Crippen molar-refractivity contribution in [3.63, 3.8) is 0 Å². The summed E-state index contributed by atoms with van der Waals surface area (Å²) in [5, 5.41) is 0. The van der Waals surface area contributed by atoms with Crippen LogP contribution in [0, 0.1) is 5.92 Å². The first kappa shape index (κ1) is 22.4. The topological polar surface area (TPSA) is 96.1 Å². The molecule has 0 saturated heterocycles. The summed E-state index contributed by atoms with van der Waals surface area (Å²) in [5.41, 5.74) is 6.99. The molecule has 1 atom stereocenters. The van der Waals surface area contributed by atoms with Crippen LogP contribution in [0.3, 0.4) is 0 Å². The lowest BCUT2D eigenvalue weighted by molar-refractivity contribution is -0.131. The number of sulfonamides is 1. The predicted molar refractivity (Wildman–Crippen MR) is 112 cm³/mol. The monoisotopic (exact) mass is 408 g/mol. The first-order valence-electron chi connectivity index (χ1n) is 9.67. The van der Waals surface area contributed by atoms with Gasteiger partial charge in [-0.3, -0.25) is 9.69 Å². The molecule has 28 heavy (non-hydrogen) atoms. The largest absolute Gasteiger partial charge is 0.369 e. The van der Waals surface area contributed by atoms with Gasteiger partial charge in [0.1, 0.15) is 5.54 Å². The van der Waals surface area contributed by atoms with Gasteiger partial charge in [0.05, 0.1) is 12.3 Å². The molecule has 7 nitrogen and oxygen atoms in total. The minimum absolute atomic E-state index is 0.0910. The van der Waals surface area contributed by atoms with Gasteiger partial charge in [0.25, 0.3) is 5.91 Å². The molecular weight excluding hydrogens is 376 g/mol. The Kier molecular flexibility index (Phi) is 6.88. The fourth-order valence-electron chi connectivity index (χ4n) is 3.61. The molecule has 0 radical (unpaired) electrons. The Morgan fingerprint density at radius 2 is 1.93 bits per heavy atom. The third kappa shape index (κ3) is 5.11. The number of hydrogen-bond acceptors (Lipinski definition) is 5. The average Bonchev–Trinajstić information content (AvgIpc) is 2.77. The Balaban J connectivity index is 2.13. The maximum Gasteiger partial charge on any atom is 0.257 e. The van der Waals surface area contributed by atoms with Gasteiger partial charge in [-0.15, -0.1) is 0 Å². The number of benzene rings is 1. The Morgan fingerprint density at radius 3 is 2.54 bits per heavy atom. The lowest BCUT2D eigenvalue weighted by Crippen LogP contribution is -2.43. The maximum absolute atomic E-state index is 12.9. The zero-order valence-electron chi connectivity index (χ0n) is 17.5. The van der Waals surface area contributed by atoms with Gasteiger partial charge in [-0.1, -0.05) is 45.0 Å². The summed E-state index contributed by atoms with van der Waals surface area (Å²) in [6.07, 6.45) is 1.22. The maximum atomic E-state index is 12.9. The van der Waals surface area contributed by atoms with Crippen LogP contribution in [0.4, 0.5) is 0 Å². The molecule has 2 N–H and O–H groups in total. The van der Waals surface area contributed by atoms with Crippen LogP contribution in [0.25, 0.3) is 0 Å². The second kappa shape index (κ2) is 8.61. The normalized spacial score (nSPS) is 20.3. The third-order valence-electron chi connectivity index (χ3n) is 4.82. The predicted octanol–water partition coefficient (Wildman–Crippen LogP) is 2.32. The van der Waals surface area contributed by atoms with E-state index in [0.717, 1.165) is 11.1 Å². The number of hydrogen-bond donors (Lipinski definition) is 1. The van der Waals surface area contributed by atoms with Crippen molar-refractivity contribution in [3.05, 3.63) is 35.4 Å². The highest BCUT2D eigenvalue weighted by Crippen LogP contribution is 2.29. The van der Waals surface area contributed by atoms with Crippen molar-refractivity contribution in [3.8, 4) is 0 Å². The number of guanidine groups is 1. The van der Waals surface area contributed by atoms with Gasteiger partial charge in [0.2, 0.25) is 10.0 Å². The van der Waals surface area contributed by atoms with Crippen LogP contribution in [0.5, 0.6) is 0 Å². The van der Waals surface area contributed by atoms with Crippen molar-refractivity contribution in [2.24, 2.45) is 16.6 Å². The minimum Gasteiger partial charge on any atom is -0.369 e. The highest BCUT2D eigenvalue weighted by atomic mass is 32.2. The Bertz CT molecular complexity index is 851. The van der Waals surface area contributed by atoms with Crippen LogP contribution in [0.2, 0.25) is 0 Å². The highest BCUT2D eigenvalue weighted by molar-refractivity contribution is 7.89. The first-order valence-corrected chi connectivity index (χ1v) is 11.3. The van der Waals surface area contributed by atoms with E-state index in [0.29, 0.717) is 31.8 Å². The smallest absolute Gasteiger partial charge is 0.257 e. The van der Waals surface area contributed by atoms with E-state index in [9.17, 15) is 13.2 Å². The molecule has 1 aliphatic heterocycles. The van der Waals surface area contributed by atoms with E-state index in [-0.39, 0.29) is 17.6 Å². The molecule has 156 valence electrons. The fraction of sp³-hybridized carbons (Fsp3) is 0.600. The number of nitrogens with zero attached hydrogens (tertiary/aromatic N) is 3. The van der Waals surface area contributed by atoms with Crippen molar-refractivity contribution in [1.82, 2.24) is 9.21 Å². The van der Waals surface area contributed by atoms with Gasteiger partial charge in [-0.05, 0) is 36.8 Å². The molecule has 0 saturated carbocycles. The fourth-order valence-corrected chi connectivity index (χ4v) is 4.79. The molecule has 8 heteroatoms. The summed E-state index contributed by atoms with van der Waals surface area (Å²) in [4.78, 5) is 18.8. The van der Waals surface area contributed by atoms with Crippen LogP contribution in [0.15, 0.2) is 29.3 Å². The van der Waals surface area contributed by atoms with Crippen molar-refractivity contribution in [1.29, 1.82) is 0 Å². The van der Waals surface area contributed by atoms with Crippen LogP contribution in [0.1, 0.15) is 51.7 Å². The molecule has 0 bridgehead atoms. The van der Waals surface area contributed by atoms with E-state index in [1.165, 1.54) is 9.21 Å². The van der Waals surface area contributed by atoms with E-state index < -0.39 is 15.6 Å². The molecule has 0 spiro atoms. The van der Waals surface area contributed by atoms with Gasteiger partial charge >= 0.3 is 0 Å². The van der Waals surface area contributed by atoms with Crippen LogP contribution >= 0.6 is 0 Å². The van der Waals surface area contributed by atoms with Crippen LogP contribution < -0.4 is 5.73 Å². The molecule has 1 aromatic carbocycles. The summed E-state index contributed by atoms with van der Waals surface area (Å²) in [7, 11) is -1.67. The van der Waals surface area contributed by atoms with E-state index in [1.807, 2.05) is 38.1 Å². The van der Waals surface area contributed by atoms with Gasteiger partial charge in [0.15, 0.2) is 5.96 Å². The first-order chi connectivity index (χ1) is 13.0. The molecule has 2 rings (SSSR count). The number of nitrogens with two attached hydrogens (primary N) is 1. The number of carbonyl (C=O) groups is 1. The van der Waals surface area contributed by atoms with E-state index in [2.05, 4.69) is 18.8 Å². The second-order valence-corrected chi connectivity index (χ2v) is 10.3. The zero-order chi connectivity index (χ0) is 21.1. The second-order valence-electron chi connectivity index (χ2n) is 8.13. The Labute approximate surface area is 168 Å². The molecule has 1 aliphatic rings. The van der Waals surface area contributed by atoms with E-state index >= 15 is 0 Å². The van der Waals surface area contributed by atoms with Crippen molar-refractivity contribution in [2.75, 3.05) is 12.8 Å². The van der Waals surface area contributed by atoms with Gasteiger partial charge in [-0.2, -0.15) is 0 Å². The van der Waals surface area contributed by atoms with Gasteiger partial charge in [0, 0.05) is 13.6 Å². The van der Waals surface area contributed by atoms with Crippen LogP contribution in [-0.2, 0) is 27.9 Å². The number of carbonyl (C=O) groups excluding carboxylic acids is 1. The molecule has 1 aromatic rings. The Hall–Kier alpha value is -1.93.